The first-order chi connectivity index (χ1) is 11.9. The van der Waals surface area contributed by atoms with E-state index in [2.05, 4.69) is 20.2 Å². The zero-order valence-electron chi connectivity index (χ0n) is 12.9. The molecule has 0 N–H and O–H groups in total. The van der Waals surface area contributed by atoms with Gasteiger partial charge in [-0.05, 0) is 24.3 Å². The lowest BCUT2D eigenvalue weighted by molar-refractivity contribution is 1.24. The van der Waals surface area contributed by atoms with E-state index in [1.807, 2.05) is 72.8 Å². The fourth-order valence-electron chi connectivity index (χ4n) is 2.49. The van der Waals surface area contributed by atoms with Crippen LogP contribution in [0.25, 0.3) is 21.8 Å². The van der Waals surface area contributed by atoms with Crippen molar-refractivity contribution in [1.29, 1.82) is 0 Å². The van der Waals surface area contributed by atoms with Crippen LogP contribution in [0, 0.1) is 0 Å². The van der Waals surface area contributed by atoms with Crippen LogP contribution in [0.15, 0.2) is 83.0 Å². The number of fused-ring (bicyclic) bond motifs is 2. The Kier molecular flexibility index (Phi) is 3.78. The lowest BCUT2D eigenvalue weighted by Gasteiger charge is -1.97. The van der Waals surface area contributed by atoms with Crippen LogP contribution in [-0.2, 0) is 0 Å². The van der Waals surface area contributed by atoms with Crippen LogP contribution in [0.1, 0.15) is 11.4 Å². The molecule has 4 rings (SSSR count). The summed E-state index contributed by atoms with van der Waals surface area (Å²) in [5.41, 5.74) is 3.44. The fourth-order valence-corrected chi connectivity index (χ4v) is 2.49. The molecule has 0 amide bonds. The summed E-state index contributed by atoms with van der Waals surface area (Å²) < 4.78 is 0. The van der Waals surface area contributed by atoms with Gasteiger partial charge in [-0.1, -0.05) is 48.5 Å². The Balaban J connectivity index is 1.53. The number of rotatable bonds is 3. The van der Waals surface area contributed by atoms with Gasteiger partial charge in [0.1, 0.15) is 0 Å². The molecule has 4 aromatic rings. The Morgan fingerprint density at radius 2 is 1.00 bits per heavy atom. The first-order valence-corrected chi connectivity index (χ1v) is 7.66. The second kappa shape index (κ2) is 6.38. The Labute approximate surface area is 139 Å². The van der Waals surface area contributed by atoms with E-state index < -0.39 is 0 Å². The lowest BCUT2D eigenvalue weighted by Crippen LogP contribution is -1.89. The highest BCUT2D eigenvalue weighted by Gasteiger charge is 1.96. The molecule has 0 aliphatic rings. The Morgan fingerprint density at radius 1 is 0.542 bits per heavy atom. The van der Waals surface area contributed by atoms with Crippen molar-refractivity contribution in [2.45, 2.75) is 0 Å². The van der Waals surface area contributed by atoms with E-state index in [-0.39, 0.29) is 0 Å². The first kappa shape index (κ1) is 14.2. The lowest BCUT2D eigenvalue weighted by atomic mass is 10.2. The van der Waals surface area contributed by atoms with Crippen molar-refractivity contribution >= 4 is 34.2 Å². The third-order valence-electron chi connectivity index (χ3n) is 3.69. The minimum absolute atomic E-state index is 0.775. The summed E-state index contributed by atoms with van der Waals surface area (Å²) >= 11 is 0. The van der Waals surface area contributed by atoms with Crippen LogP contribution in [-0.4, -0.2) is 22.4 Å². The topological polar surface area (TPSA) is 50.5 Å². The third-order valence-corrected chi connectivity index (χ3v) is 3.69. The van der Waals surface area contributed by atoms with Crippen LogP contribution in [0.3, 0.4) is 0 Å². The Morgan fingerprint density at radius 3 is 1.50 bits per heavy atom. The molecular weight excluding hydrogens is 296 g/mol. The zero-order valence-corrected chi connectivity index (χ0v) is 12.9. The molecule has 2 aromatic heterocycles. The smallest absolute Gasteiger partial charge is 0.0838 e. The standard InChI is InChI=1S/C20H14N4/c1-3-7-19-15(5-1)9-11-17(23-19)13-21-22-14-18-12-10-16-6-2-4-8-20(16)24-18/h1-14H/b21-13-,22-14-. The van der Waals surface area contributed by atoms with Gasteiger partial charge in [0, 0.05) is 10.8 Å². The van der Waals surface area contributed by atoms with Gasteiger partial charge in [-0.25, -0.2) is 9.97 Å². The van der Waals surface area contributed by atoms with Crippen LogP contribution in [0.2, 0.25) is 0 Å². The molecule has 0 spiro atoms. The molecule has 0 fully saturated rings. The molecule has 4 nitrogen and oxygen atoms in total. The molecule has 0 unspecified atom stereocenters. The van der Waals surface area contributed by atoms with Crippen molar-refractivity contribution in [3.8, 4) is 0 Å². The van der Waals surface area contributed by atoms with Crippen molar-refractivity contribution in [2.24, 2.45) is 10.2 Å². The summed E-state index contributed by atoms with van der Waals surface area (Å²) in [6.45, 7) is 0. The quantitative estimate of drug-likeness (QED) is 0.420. The van der Waals surface area contributed by atoms with Crippen LogP contribution in [0.4, 0.5) is 0 Å². The van der Waals surface area contributed by atoms with E-state index in [4.69, 9.17) is 0 Å². The van der Waals surface area contributed by atoms with Crippen molar-refractivity contribution < 1.29 is 0 Å². The SMILES string of the molecule is C(=N/N=C\c1ccc2ccccc2n1)/c1ccc2ccccc2n1. The largest absolute Gasteiger partial charge is 0.247 e. The molecule has 0 saturated carbocycles. The first-order valence-electron chi connectivity index (χ1n) is 7.66. The molecule has 2 heterocycles. The maximum Gasteiger partial charge on any atom is 0.0838 e. The molecular formula is C20H14N4. The number of hydrogen-bond acceptors (Lipinski definition) is 4. The summed E-state index contributed by atoms with van der Waals surface area (Å²) in [5.74, 6) is 0. The molecule has 24 heavy (non-hydrogen) atoms. The van der Waals surface area contributed by atoms with Gasteiger partial charge in [0.15, 0.2) is 0 Å². The van der Waals surface area contributed by atoms with E-state index in [1.54, 1.807) is 12.4 Å². The van der Waals surface area contributed by atoms with Crippen LogP contribution < -0.4 is 0 Å². The molecule has 0 aliphatic carbocycles. The highest BCUT2D eigenvalue weighted by molar-refractivity contribution is 5.87. The maximum absolute atomic E-state index is 4.52. The predicted octanol–water partition coefficient (Wildman–Crippen LogP) is 4.24. The second-order valence-corrected chi connectivity index (χ2v) is 5.35. The Hall–Kier alpha value is -3.40. The van der Waals surface area contributed by atoms with Gasteiger partial charge in [0.25, 0.3) is 0 Å². The molecule has 0 radical (unpaired) electrons. The van der Waals surface area contributed by atoms with Crippen LogP contribution in [0.5, 0.6) is 0 Å². The summed E-state index contributed by atoms with van der Waals surface area (Å²) in [6, 6.07) is 23.9. The minimum Gasteiger partial charge on any atom is -0.247 e. The molecule has 0 atom stereocenters. The monoisotopic (exact) mass is 310 g/mol. The summed E-state index contributed by atoms with van der Waals surface area (Å²) in [5, 5.41) is 10.4. The Bertz CT molecular complexity index is 980. The number of nitrogens with zero attached hydrogens (tertiary/aromatic N) is 4. The number of benzene rings is 2. The average Bonchev–Trinajstić information content (AvgIpc) is 2.65. The van der Waals surface area contributed by atoms with Gasteiger partial charge >= 0.3 is 0 Å². The van der Waals surface area contributed by atoms with Gasteiger partial charge in [-0.15, -0.1) is 0 Å². The summed E-state index contributed by atoms with van der Waals surface area (Å²) in [6.07, 6.45) is 3.29. The fraction of sp³-hybridized carbons (Fsp3) is 0. The molecule has 0 saturated heterocycles. The van der Waals surface area contributed by atoms with Crippen molar-refractivity contribution in [3.63, 3.8) is 0 Å². The van der Waals surface area contributed by atoms with Gasteiger partial charge in [0.2, 0.25) is 0 Å². The second-order valence-electron chi connectivity index (χ2n) is 5.35. The maximum atomic E-state index is 4.52. The highest BCUT2D eigenvalue weighted by Crippen LogP contribution is 2.11. The number of aromatic nitrogens is 2. The predicted molar refractivity (Wildman–Crippen MR) is 98.7 cm³/mol. The normalized spacial score (nSPS) is 11.8. The molecule has 0 bridgehead atoms. The highest BCUT2D eigenvalue weighted by atomic mass is 15.2. The van der Waals surface area contributed by atoms with Crippen molar-refractivity contribution in [3.05, 3.63) is 84.2 Å². The summed E-state index contributed by atoms with van der Waals surface area (Å²) in [4.78, 5) is 9.04. The van der Waals surface area contributed by atoms with Gasteiger partial charge in [-0.2, -0.15) is 10.2 Å². The van der Waals surface area contributed by atoms with Gasteiger partial charge in [0.05, 0.1) is 34.9 Å². The van der Waals surface area contributed by atoms with E-state index in [9.17, 15) is 0 Å². The van der Waals surface area contributed by atoms with Crippen LogP contribution >= 0.6 is 0 Å². The van der Waals surface area contributed by atoms with Gasteiger partial charge in [-0.3, -0.25) is 0 Å². The van der Waals surface area contributed by atoms with Crippen molar-refractivity contribution in [1.82, 2.24) is 9.97 Å². The minimum atomic E-state index is 0.775. The van der Waals surface area contributed by atoms with Crippen molar-refractivity contribution in [2.75, 3.05) is 0 Å². The molecule has 2 aromatic carbocycles. The van der Waals surface area contributed by atoms with E-state index >= 15 is 0 Å². The molecule has 0 aliphatic heterocycles. The average molecular weight is 310 g/mol. The number of hydrogen-bond donors (Lipinski definition) is 0. The van der Waals surface area contributed by atoms with E-state index in [1.165, 1.54) is 0 Å². The molecule has 4 heteroatoms. The number of pyridine rings is 2. The number of para-hydroxylation sites is 2. The van der Waals surface area contributed by atoms with Gasteiger partial charge < -0.3 is 0 Å². The third kappa shape index (κ3) is 3.03. The van der Waals surface area contributed by atoms with E-state index in [0.29, 0.717) is 0 Å². The summed E-state index contributed by atoms with van der Waals surface area (Å²) in [7, 11) is 0. The van der Waals surface area contributed by atoms with E-state index in [0.717, 1.165) is 33.2 Å². The zero-order chi connectivity index (χ0) is 16.2. The molecule has 114 valence electrons.